The van der Waals surface area contributed by atoms with Crippen LogP contribution in [0, 0.1) is 13.8 Å². The molecule has 0 saturated heterocycles. The lowest BCUT2D eigenvalue weighted by molar-refractivity contribution is 0.0941. The Labute approximate surface area is 169 Å². The van der Waals surface area contributed by atoms with Crippen LogP contribution in [0.4, 0.5) is 0 Å². The second-order valence-electron chi connectivity index (χ2n) is 7.38. The van der Waals surface area contributed by atoms with Crippen LogP contribution in [0.25, 0.3) is 22.2 Å². The predicted molar refractivity (Wildman–Crippen MR) is 113 cm³/mol. The number of fused-ring (bicyclic) bond motifs is 1. The average Bonchev–Trinajstić information content (AvgIpc) is 3.21. The number of pyridine rings is 1. The van der Waals surface area contributed by atoms with E-state index in [2.05, 4.69) is 15.5 Å². The van der Waals surface area contributed by atoms with Crippen molar-refractivity contribution in [3.05, 3.63) is 65.2 Å². The third kappa shape index (κ3) is 3.40. The Morgan fingerprint density at radius 2 is 1.93 bits per heavy atom. The number of nitrogens with zero attached hydrogens (tertiary/aromatic N) is 5. The summed E-state index contributed by atoms with van der Waals surface area (Å²) in [7, 11) is 3.77. The lowest BCUT2D eigenvalue weighted by Crippen LogP contribution is -2.27. The third-order valence-corrected chi connectivity index (χ3v) is 5.34. The summed E-state index contributed by atoms with van der Waals surface area (Å²) < 4.78 is 3.57. The van der Waals surface area contributed by atoms with E-state index in [0.717, 1.165) is 39.1 Å². The number of para-hydroxylation sites is 1. The number of rotatable bonds is 4. The highest BCUT2D eigenvalue weighted by Gasteiger charge is 2.19. The molecule has 3 heterocycles. The van der Waals surface area contributed by atoms with Gasteiger partial charge in [0.25, 0.3) is 5.91 Å². The first-order valence-electron chi connectivity index (χ1n) is 9.55. The van der Waals surface area contributed by atoms with E-state index in [0.29, 0.717) is 5.56 Å². The summed E-state index contributed by atoms with van der Waals surface area (Å²) in [5, 5.41) is 12.6. The summed E-state index contributed by atoms with van der Waals surface area (Å²) in [6, 6.07) is 9.40. The molecule has 29 heavy (non-hydrogen) atoms. The van der Waals surface area contributed by atoms with E-state index in [1.165, 1.54) is 0 Å². The molecule has 0 unspecified atom stereocenters. The van der Waals surface area contributed by atoms with Crippen LogP contribution >= 0.6 is 0 Å². The minimum atomic E-state index is -0.160. The molecule has 0 aliphatic carbocycles. The summed E-state index contributed by atoms with van der Waals surface area (Å²) in [5.74, 6) is -0.137. The Morgan fingerprint density at radius 3 is 2.59 bits per heavy atom. The van der Waals surface area contributed by atoms with Gasteiger partial charge in [0.05, 0.1) is 34.7 Å². The van der Waals surface area contributed by atoms with Crippen molar-refractivity contribution in [1.82, 2.24) is 29.9 Å². The fourth-order valence-electron chi connectivity index (χ4n) is 3.65. The number of hydrogen-bond donors (Lipinski definition) is 1. The van der Waals surface area contributed by atoms with Crippen LogP contribution in [0.3, 0.4) is 0 Å². The Balaban J connectivity index is 1.76. The first-order chi connectivity index (χ1) is 13.8. The number of aryl methyl sites for hydroxylation is 3. The molecule has 0 aliphatic rings. The van der Waals surface area contributed by atoms with Crippen molar-refractivity contribution < 1.29 is 4.79 Å². The first kappa shape index (κ1) is 18.9. The van der Waals surface area contributed by atoms with Crippen LogP contribution in [0.1, 0.15) is 40.3 Å². The lowest BCUT2D eigenvalue weighted by Gasteiger charge is -2.15. The summed E-state index contributed by atoms with van der Waals surface area (Å²) in [6.07, 6.45) is 3.73. The van der Waals surface area contributed by atoms with Crippen LogP contribution in [-0.4, -0.2) is 30.5 Å². The molecule has 0 spiro atoms. The monoisotopic (exact) mass is 388 g/mol. The Bertz CT molecular complexity index is 1220. The fourth-order valence-corrected chi connectivity index (χ4v) is 3.65. The molecule has 0 bridgehead atoms. The predicted octanol–water partition coefficient (Wildman–Crippen LogP) is 3.48. The maximum Gasteiger partial charge on any atom is 0.252 e. The smallest absolute Gasteiger partial charge is 0.252 e. The molecule has 0 aliphatic heterocycles. The molecule has 3 aromatic heterocycles. The van der Waals surface area contributed by atoms with E-state index in [1.807, 2.05) is 76.1 Å². The van der Waals surface area contributed by atoms with Crippen molar-refractivity contribution in [3.63, 3.8) is 0 Å². The highest BCUT2D eigenvalue weighted by molar-refractivity contribution is 6.07. The molecule has 7 nitrogen and oxygen atoms in total. The van der Waals surface area contributed by atoms with Gasteiger partial charge in [0.2, 0.25) is 0 Å². The second-order valence-corrected chi connectivity index (χ2v) is 7.38. The molecule has 4 rings (SSSR count). The van der Waals surface area contributed by atoms with Crippen LogP contribution in [-0.2, 0) is 14.1 Å². The van der Waals surface area contributed by atoms with Gasteiger partial charge in [0.15, 0.2) is 0 Å². The Kier molecular flexibility index (Phi) is 4.66. The molecular weight excluding hydrogens is 364 g/mol. The normalized spacial score (nSPS) is 12.3. The topological polar surface area (TPSA) is 77.6 Å². The number of hydrogen-bond acceptors (Lipinski definition) is 4. The van der Waals surface area contributed by atoms with E-state index in [-0.39, 0.29) is 11.9 Å². The molecule has 0 radical (unpaired) electrons. The number of aromatic nitrogens is 5. The van der Waals surface area contributed by atoms with Gasteiger partial charge < -0.3 is 5.32 Å². The van der Waals surface area contributed by atoms with Gasteiger partial charge in [-0.05, 0) is 32.9 Å². The maximum absolute atomic E-state index is 13.2. The van der Waals surface area contributed by atoms with E-state index < -0.39 is 0 Å². The lowest BCUT2D eigenvalue weighted by atomic mass is 10.0. The number of nitrogens with one attached hydrogen (secondary N) is 1. The van der Waals surface area contributed by atoms with Gasteiger partial charge in [0, 0.05) is 42.5 Å². The van der Waals surface area contributed by atoms with Crippen molar-refractivity contribution in [3.8, 4) is 11.3 Å². The molecular formula is C22H24N6O. The van der Waals surface area contributed by atoms with Crippen molar-refractivity contribution in [2.75, 3.05) is 0 Å². The van der Waals surface area contributed by atoms with Gasteiger partial charge in [-0.25, -0.2) is 4.98 Å². The minimum absolute atomic E-state index is 0.137. The number of benzene rings is 1. The molecule has 4 aromatic rings. The minimum Gasteiger partial charge on any atom is -0.345 e. The zero-order chi connectivity index (χ0) is 20.7. The first-order valence-corrected chi connectivity index (χ1v) is 9.55. The number of carbonyl (C=O) groups is 1. The largest absolute Gasteiger partial charge is 0.345 e. The molecule has 1 aromatic carbocycles. The molecule has 148 valence electrons. The van der Waals surface area contributed by atoms with Gasteiger partial charge in [-0.1, -0.05) is 18.2 Å². The summed E-state index contributed by atoms with van der Waals surface area (Å²) in [5.41, 5.74) is 5.95. The molecule has 7 heteroatoms. The molecule has 1 N–H and O–H groups in total. The van der Waals surface area contributed by atoms with Crippen molar-refractivity contribution in [1.29, 1.82) is 0 Å². The highest BCUT2D eigenvalue weighted by atomic mass is 16.1. The van der Waals surface area contributed by atoms with Crippen LogP contribution < -0.4 is 5.32 Å². The summed E-state index contributed by atoms with van der Waals surface area (Å²) in [4.78, 5) is 18.0. The van der Waals surface area contributed by atoms with Crippen molar-refractivity contribution in [2.45, 2.75) is 26.8 Å². The van der Waals surface area contributed by atoms with Gasteiger partial charge in [-0.15, -0.1) is 0 Å². The third-order valence-electron chi connectivity index (χ3n) is 5.34. The van der Waals surface area contributed by atoms with Crippen LogP contribution in [0.2, 0.25) is 0 Å². The van der Waals surface area contributed by atoms with Crippen LogP contribution in [0.15, 0.2) is 42.7 Å². The average molecular weight is 388 g/mol. The van der Waals surface area contributed by atoms with Crippen molar-refractivity contribution >= 4 is 16.8 Å². The Hall–Kier alpha value is -3.48. The number of carbonyl (C=O) groups excluding carboxylic acids is 1. The fraction of sp³-hybridized carbons (Fsp3) is 0.273. The van der Waals surface area contributed by atoms with Crippen LogP contribution in [0.5, 0.6) is 0 Å². The van der Waals surface area contributed by atoms with E-state index in [9.17, 15) is 4.79 Å². The summed E-state index contributed by atoms with van der Waals surface area (Å²) in [6.45, 7) is 5.91. The highest BCUT2D eigenvalue weighted by Crippen LogP contribution is 2.27. The van der Waals surface area contributed by atoms with Gasteiger partial charge in [0.1, 0.15) is 0 Å². The zero-order valence-corrected chi connectivity index (χ0v) is 17.3. The number of amides is 1. The zero-order valence-electron chi connectivity index (χ0n) is 17.3. The SMILES string of the molecule is Cc1nn(C)cc1-c1cc(C(=O)N[C@@H](C)c2cnn(C)c2C)c2ccccc2n1. The van der Waals surface area contributed by atoms with E-state index in [1.54, 1.807) is 10.9 Å². The Morgan fingerprint density at radius 1 is 1.17 bits per heavy atom. The van der Waals surface area contributed by atoms with Gasteiger partial charge in [-0.2, -0.15) is 10.2 Å². The van der Waals surface area contributed by atoms with Gasteiger partial charge in [-0.3, -0.25) is 14.2 Å². The standard InChI is InChI=1S/C22H24N6O/c1-13(18-11-23-28(5)15(18)3)24-22(29)17-10-21(19-12-27(4)26-14(19)2)25-20-9-7-6-8-16(17)20/h6-13H,1-5H3,(H,24,29)/t13-/m0/s1. The summed E-state index contributed by atoms with van der Waals surface area (Å²) >= 11 is 0. The molecule has 1 atom stereocenters. The maximum atomic E-state index is 13.2. The van der Waals surface area contributed by atoms with Gasteiger partial charge >= 0.3 is 0 Å². The van der Waals surface area contributed by atoms with Crippen molar-refractivity contribution in [2.24, 2.45) is 14.1 Å². The molecule has 1 amide bonds. The molecule has 0 fully saturated rings. The second kappa shape index (κ2) is 7.16. The quantitative estimate of drug-likeness (QED) is 0.581. The molecule has 0 saturated carbocycles. The van der Waals surface area contributed by atoms with E-state index >= 15 is 0 Å². The van der Waals surface area contributed by atoms with E-state index in [4.69, 9.17) is 4.98 Å².